The Bertz CT molecular complexity index is 641. The molecule has 0 spiro atoms. The topological polar surface area (TPSA) is 54.1 Å². The molecular weight excluding hydrogens is 252 g/mol. The summed E-state index contributed by atoms with van der Waals surface area (Å²) in [4.78, 5) is 15.5. The van der Waals surface area contributed by atoms with Crippen molar-refractivity contribution in [3.63, 3.8) is 0 Å². The maximum absolute atomic E-state index is 12.1. The number of H-pyrrole nitrogens is 1. The van der Waals surface area contributed by atoms with Crippen molar-refractivity contribution in [2.24, 2.45) is 5.41 Å². The van der Waals surface area contributed by atoms with Gasteiger partial charge in [-0.25, -0.2) is 0 Å². The van der Waals surface area contributed by atoms with Crippen molar-refractivity contribution in [1.82, 2.24) is 10.3 Å². The first kappa shape index (κ1) is 13.2. The minimum absolute atomic E-state index is 0.0750. The first-order valence-electron chi connectivity index (χ1n) is 6.98. The lowest BCUT2D eigenvalue weighted by Gasteiger charge is -2.38. The van der Waals surface area contributed by atoms with Crippen LogP contribution in [0.3, 0.4) is 0 Å². The minimum Gasteiger partial charge on any atom is -0.380 e. The number of ether oxygens (including phenoxy) is 1. The van der Waals surface area contributed by atoms with Crippen LogP contribution in [0.15, 0.2) is 24.3 Å². The van der Waals surface area contributed by atoms with Crippen LogP contribution in [0.2, 0.25) is 0 Å². The minimum atomic E-state index is 0.0750. The van der Waals surface area contributed by atoms with Gasteiger partial charge >= 0.3 is 0 Å². The Balaban J connectivity index is 1.69. The SMILES string of the molecule is Cc1[nH]c2ccccc2c1CC(=O)NCC1(C)COC1. The fourth-order valence-corrected chi connectivity index (χ4v) is 2.65. The second-order valence-electron chi connectivity index (χ2n) is 6.03. The number of aryl methyl sites for hydroxylation is 1. The lowest BCUT2D eigenvalue weighted by atomic mass is 9.88. The average molecular weight is 272 g/mol. The first-order chi connectivity index (χ1) is 9.57. The molecule has 4 nitrogen and oxygen atoms in total. The highest BCUT2D eigenvalue weighted by Crippen LogP contribution is 2.25. The van der Waals surface area contributed by atoms with Crippen LogP contribution >= 0.6 is 0 Å². The van der Waals surface area contributed by atoms with Crippen LogP contribution in [0.1, 0.15) is 18.2 Å². The Labute approximate surface area is 118 Å². The van der Waals surface area contributed by atoms with E-state index >= 15 is 0 Å². The van der Waals surface area contributed by atoms with Gasteiger partial charge in [-0.05, 0) is 18.6 Å². The molecule has 1 aliphatic rings. The van der Waals surface area contributed by atoms with Crippen LogP contribution in [-0.4, -0.2) is 30.6 Å². The fraction of sp³-hybridized carbons (Fsp3) is 0.438. The number of nitrogens with one attached hydrogen (secondary N) is 2. The molecule has 0 radical (unpaired) electrons. The standard InChI is InChI=1S/C16H20N2O2/c1-11-13(12-5-3-4-6-14(12)18-11)7-15(19)17-8-16(2)9-20-10-16/h3-6,18H,7-10H2,1-2H3,(H,17,19). The molecule has 1 aliphatic heterocycles. The van der Waals surface area contributed by atoms with E-state index in [1.165, 1.54) is 0 Å². The van der Waals surface area contributed by atoms with Crippen LogP contribution < -0.4 is 5.32 Å². The van der Waals surface area contributed by atoms with E-state index in [2.05, 4.69) is 23.3 Å². The molecule has 0 aliphatic carbocycles. The molecule has 1 aromatic heterocycles. The van der Waals surface area contributed by atoms with Crippen molar-refractivity contribution in [2.45, 2.75) is 20.3 Å². The van der Waals surface area contributed by atoms with E-state index in [4.69, 9.17) is 4.74 Å². The molecule has 0 bridgehead atoms. The molecule has 106 valence electrons. The number of hydrogen-bond acceptors (Lipinski definition) is 2. The molecule has 1 saturated heterocycles. The third kappa shape index (κ3) is 2.43. The Morgan fingerprint density at radius 1 is 1.40 bits per heavy atom. The molecule has 2 N–H and O–H groups in total. The smallest absolute Gasteiger partial charge is 0.224 e. The summed E-state index contributed by atoms with van der Waals surface area (Å²) in [6, 6.07) is 8.10. The van der Waals surface area contributed by atoms with Crippen molar-refractivity contribution in [3.8, 4) is 0 Å². The van der Waals surface area contributed by atoms with Gasteiger partial charge < -0.3 is 15.0 Å². The quantitative estimate of drug-likeness (QED) is 0.896. The van der Waals surface area contributed by atoms with E-state index in [1.54, 1.807) is 0 Å². The van der Waals surface area contributed by atoms with Gasteiger partial charge in [0.15, 0.2) is 0 Å². The summed E-state index contributed by atoms with van der Waals surface area (Å²) >= 11 is 0. The zero-order valence-corrected chi connectivity index (χ0v) is 12.0. The summed E-state index contributed by atoms with van der Waals surface area (Å²) in [5.41, 5.74) is 3.37. The van der Waals surface area contributed by atoms with Crippen LogP contribution in [0.4, 0.5) is 0 Å². The molecule has 0 unspecified atom stereocenters. The predicted octanol–water partition coefficient (Wildman–Crippen LogP) is 2.17. The number of aromatic nitrogens is 1. The second kappa shape index (κ2) is 4.94. The zero-order valence-electron chi connectivity index (χ0n) is 12.0. The van der Waals surface area contributed by atoms with E-state index in [0.717, 1.165) is 35.4 Å². The van der Waals surface area contributed by atoms with Crippen LogP contribution in [0, 0.1) is 12.3 Å². The predicted molar refractivity (Wildman–Crippen MR) is 78.7 cm³/mol. The van der Waals surface area contributed by atoms with Crippen molar-refractivity contribution in [3.05, 3.63) is 35.5 Å². The first-order valence-corrected chi connectivity index (χ1v) is 6.98. The number of benzene rings is 1. The van der Waals surface area contributed by atoms with E-state index in [9.17, 15) is 4.79 Å². The molecule has 0 saturated carbocycles. The summed E-state index contributed by atoms with van der Waals surface area (Å²) in [6.45, 7) is 6.31. The van der Waals surface area contributed by atoms with Crippen LogP contribution in [0.25, 0.3) is 10.9 Å². The maximum atomic E-state index is 12.1. The molecule has 0 atom stereocenters. The van der Waals surface area contributed by atoms with Gasteiger partial charge in [0.05, 0.1) is 19.6 Å². The monoisotopic (exact) mass is 272 g/mol. The average Bonchev–Trinajstić information content (AvgIpc) is 2.71. The van der Waals surface area contributed by atoms with Crippen molar-refractivity contribution < 1.29 is 9.53 Å². The largest absolute Gasteiger partial charge is 0.380 e. The number of hydrogen-bond donors (Lipinski definition) is 2. The van der Waals surface area contributed by atoms with Crippen LogP contribution in [0.5, 0.6) is 0 Å². The number of rotatable bonds is 4. The van der Waals surface area contributed by atoms with Crippen molar-refractivity contribution in [1.29, 1.82) is 0 Å². The molecule has 20 heavy (non-hydrogen) atoms. The third-order valence-electron chi connectivity index (χ3n) is 3.98. The lowest BCUT2D eigenvalue weighted by Crippen LogP contribution is -2.48. The van der Waals surface area contributed by atoms with Gasteiger partial charge in [-0.3, -0.25) is 4.79 Å². The normalized spacial score (nSPS) is 16.9. The molecule has 1 aromatic carbocycles. The highest BCUT2D eigenvalue weighted by Gasteiger charge is 2.33. The number of carbonyl (C=O) groups is 1. The van der Waals surface area contributed by atoms with Crippen molar-refractivity contribution in [2.75, 3.05) is 19.8 Å². The molecule has 2 heterocycles. The molecule has 1 amide bonds. The van der Waals surface area contributed by atoms with Crippen molar-refractivity contribution >= 4 is 16.8 Å². The summed E-state index contributed by atoms with van der Waals surface area (Å²) in [5.74, 6) is 0.0750. The summed E-state index contributed by atoms with van der Waals surface area (Å²) in [7, 11) is 0. The number of fused-ring (bicyclic) bond motifs is 1. The molecule has 4 heteroatoms. The fourth-order valence-electron chi connectivity index (χ4n) is 2.65. The number of aromatic amines is 1. The lowest BCUT2D eigenvalue weighted by molar-refractivity contribution is -0.126. The Morgan fingerprint density at radius 3 is 2.85 bits per heavy atom. The van der Waals surface area contributed by atoms with E-state index in [-0.39, 0.29) is 11.3 Å². The van der Waals surface area contributed by atoms with Crippen LogP contribution in [-0.2, 0) is 16.0 Å². The van der Waals surface area contributed by atoms with Gasteiger partial charge in [0.2, 0.25) is 5.91 Å². The second-order valence-corrected chi connectivity index (χ2v) is 6.03. The zero-order chi connectivity index (χ0) is 14.2. The van der Waals surface area contributed by atoms with E-state index in [1.807, 2.05) is 25.1 Å². The third-order valence-corrected chi connectivity index (χ3v) is 3.98. The molecule has 3 rings (SSSR count). The highest BCUT2D eigenvalue weighted by atomic mass is 16.5. The van der Waals surface area contributed by atoms with Gasteiger partial charge in [0.1, 0.15) is 0 Å². The van der Waals surface area contributed by atoms with Gasteiger partial charge in [0, 0.05) is 28.6 Å². The van der Waals surface area contributed by atoms with Gasteiger partial charge in [-0.2, -0.15) is 0 Å². The van der Waals surface area contributed by atoms with Gasteiger partial charge in [-0.1, -0.05) is 25.1 Å². The number of para-hydroxylation sites is 1. The maximum Gasteiger partial charge on any atom is 0.224 e. The Hall–Kier alpha value is -1.81. The van der Waals surface area contributed by atoms with Gasteiger partial charge in [0.25, 0.3) is 0 Å². The summed E-state index contributed by atoms with van der Waals surface area (Å²) in [5, 5.41) is 4.16. The van der Waals surface area contributed by atoms with Gasteiger partial charge in [-0.15, -0.1) is 0 Å². The molecular formula is C16H20N2O2. The Kier molecular flexibility index (Phi) is 3.26. The highest BCUT2D eigenvalue weighted by molar-refractivity contribution is 5.90. The Morgan fingerprint density at radius 2 is 2.15 bits per heavy atom. The summed E-state index contributed by atoms with van der Waals surface area (Å²) < 4.78 is 5.20. The number of carbonyl (C=O) groups excluding carboxylic acids is 1. The molecule has 1 fully saturated rings. The van der Waals surface area contributed by atoms with E-state index < -0.39 is 0 Å². The molecule has 2 aromatic rings. The van der Waals surface area contributed by atoms with E-state index in [0.29, 0.717) is 13.0 Å². The summed E-state index contributed by atoms with van der Waals surface area (Å²) in [6.07, 6.45) is 0.423. The number of amides is 1.